The van der Waals surface area contributed by atoms with Crippen molar-refractivity contribution in [1.82, 2.24) is 15.2 Å². The summed E-state index contributed by atoms with van der Waals surface area (Å²) in [5.41, 5.74) is 0. The lowest BCUT2D eigenvalue weighted by atomic mass is 10.6. The SMILES string of the molecule is C=CCNc1nc(SC)n[nH]1. The second-order valence-electron chi connectivity index (χ2n) is 1.84. The zero-order chi connectivity index (χ0) is 8.10. The molecule has 0 radical (unpaired) electrons. The lowest BCUT2D eigenvalue weighted by molar-refractivity contribution is 0.976. The molecule has 0 aliphatic carbocycles. The maximum absolute atomic E-state index is 4.10. The Morgan fingerprint density at radius 3 is 3.18 bits per heavy atom. The van der Waals surface area contributed by atoms with Gasteiger partial charge in [0.15, 0.2) is 0 Å². The third-order valence-electron chi connectivity index (χ3n) is 1.06. The van der Waals surface area contributed by atoms with E-state index in [2.05, 4.69) is 27.1 Å². The summed E-state index contributed by atoms with van der Waals surface area (Å²) in [5, 5.41) is 10.4. The highest BCUT2D eigenvalue weighted by molar-refractivity contribution is 7.98. The van der Waals surface area contributed by atoms with E-state index in [-0.39, 0.29) is 0 Å². The summed E-state index contributed by atoms with van der Waals surface area (Å²) in [5.74, 6) is 0.689. The Morgan fingerprint density at radius 1 is 1.82 bits per heavy atom. The van der Waals surface area contributed by atoms with Gasteiger partial charge in [0.25, 0.3) is 0 Å². The number of nitrogens with one attached hydrogen (secondary N) is 2. The Labute approximate surface area is 69.5 Å². The predicted molar refractivity (Wildman–Crippen MR) is 46.9 cm³/mol. The normalized spacial score (nSPS) is 9.55. The molecule has 4 nitrogen and oxygen atoms in total. The number of H-pyrrole nitrogens is 1. The first-order valence-corrected chi connectivity index (χ1v) is 4.40. The van der Waals surface area contributed by atoms with Gasteiger partial charge in [-0.3, -0.25) is 0 Å². The van der Waals surface area contributed by atoms with Gasteiger partial charge in [-0.2, -0.15) is 4.98 Å². The van der Waals surface area contributed by atoms with Crippen LogP contribution in [-0.4, -0.2) is 28.0 Å². The maximum atomic E-state index is 4.10. The van der Waals surface area contributed by atoms with E-state index in [4.69, 9.17) is 0 Å². The minimum absolute atomic E-state index is 0.689. The lowest BCUT2D eigenvalue weighted by Gasteiger charge is -1.93. The fourth-order valence-corrected chi connectivity index (χ4v) is 0.905. The number of aromatic nitrogens is 3. The summed E-state index contributed by atoms with van der Waals surface area (Å²) < 4.78 is 0. The van der Waals surface area contributed by atoms with E-state index in [1.165, 1.54) is 11.8 Å². The zero-order valence-electron chi connectivity index (χ0n) is 6.29. The van der Waals surface area contributed by atoms with Crippen LogP contribution in [0.2, 0.25) is 0 Å². The van der Waals surface area contributed by atoms with Gasteiger partial charge in [-0.1, -0.05) is 17.8 Å². The number of anilines is 1. The van der Waals surface area contributed by atoms with Crippen LogP contribution in [0.5, 0.6) is 0 Å². The van der Waals surface area contributed by atoms with Gasteiger partial charge in [0.2, 0.25) is 11.1 Å². The smallest absolute Gasteiger partial charge is 0.219 e. The molecule has 11 heavy (non-hydrogen) atoms. The van der Waals surface area contributed by atoms with Gasteiger partial charge in [0.05, 0.1) is 0 Å². The zero-order valence-corrected chi connectivity index (χ0v) is 7.11. The fraction of sp³-hybridized carbons (Fsp3) is 0.333. The summed E-state index contributed by atoms with van der Waals surface area (Å²) in [6.45, 7) is 4.27. The average molecular weight is 170 g/mol. The molecule has 0 saturated heterocycles. The first kappa shape index (κ1) is 8.13. The molecule has 0 aliphatic heterocycles. The summed E-state index contributed by atoms with van der Waals surface area (Å²) in [6, 6.07) is 0. The van der Waals surface area contributed by atoms with E-state index in [0.29, 0.717) is 12.5 Å². The number of hydrogen-bond donors (Lipinski definition) is 2. The molecule has 0 unspecified atom stereocenters. The number of rotatable bonds is 4. The second kappa shape index (κ2) is 4.02. The number of thioether (sulfide) groups is 1. The van der Waals surface area contributed by atoms with Crippen molar-refractivity contribution in [1.29, 1.82) is 0 Å². The second-order valence-corrected chi connectivity index (χ2v) is 2.61. The van der Waals surface area contributed by atoms with Crippen LogP contribution in [0, 0.1) is 0 Å². The minimum Gasteiger partial charge on any atom is -0.351 e. The molecule has 60 valence electrons. The molecule has 1 rings (SSSR count). The maximum Gasteiger partial charge on any atom is 0.219 e. The van der Waals surface area contributed by atoms with Gasteiger partial charge in [-0.25, -0.2) is 5.10 Å². The van der Waals surface area contributed by atoms with Crippen molar-refractivity contribution < 1.29 is 0 Å². The first-order valence-electron chi connectivity index (χ1n) is 3.18. The van der Waals surface area contributed by atoms with E-state index in [0.717, 1.165) is 5.16 Å². The van der Waals surface area contributed by atoms with Crippen molar-refractivity contribution in [3.05, 3.63) is 12.7 Å². The fourth-order valence-electron chi connectivity index (χ4n) is 0.586. The minimum atomic E-state index is 0.689. The molecule has 0 amide bonds. The third kappa shape index (κ3) is 2.27. The number of aromatic amines is 1. The Hall–Kier alpha value is -0.970. The van der Waals surface area contributed by atoms with E-state index < -0.39 is 0 Å². The van der Waals surface area contributed by atoms with Gasteiger partial charge in [-0.05, 0) is 6.26 Å². The molecule has 2 N–H and O–H groups in total. The molecular formula is C6H10N4S. The van der Waals surface area contributed by atoms with Crippen LogP contribution in [0.25, 0.3) is 0 Å². The third-order valence-corrected chi connectivity index (χ3v) is 1.61. The van der Waals surface area contributed by atoms with Crippen LogP contribution >= 0.6 is 11.8 Å². The standard InChI is InChI=1S/C6H10N4S/c1-3-4-7-5-8-6(11-2)10-9-5/h3H,1,4H2,2H3,(H2,7,8,9,10). The van der Waals surface area contributed by atoms with Gasteiger partial charge >= 0.3 is 0 Å². The highest BCUT2D eigenvalue weighted by atomic mass is 32.2. The molecule has 1 heterocycles. The molecular weight excluding hydrogens is 160 g/mol. The molecule has 0 fully saturated rings. The van der Waals surface area contributed by atoms with Crippen molar-refractivity contribution in [2.24, 2.45) is 0 Å². The molecule has 0 spiro atoms. The summed E-state index contributed by atoms with van der Waals surface area (Å²) >= 11 is 1.50. The van der Waals surface area contributed by atoms with Crippen LogP contribution in [-0.2, 0) is 0 Å². The monoisotopic (exact) mass is 170 g/mol. The largest absolute Gasteiger partial charge is 0.351 e. The molecule has 0 bridgehead atoms. The van der Waals surface area contributed by atoms with Crippen molar-refractivity contribution in [2.45, 2.75) is 5.16 Å². The quantitative estimate of drug-likeness (QED) is 0.525. The highest BCUT2D eigenvalue weighted by Crippen LogP contribution is 2.08. The van der Waals surface area contributed by atoms with Gasteiger partial charge in [-0.15, -0.1) is 11.7 Å². The first-order chi connectivity index (χ1) is 5.36. The predicted octanol–water partition coefficient (Wildman–Crippen LogP) is 1.12. The Bertz CT molecular complexity index is 232. The Balaban J connectivity index is 2.50. The molecule has 0 aromatic carbocycles. The van der Waals surface area contributed by atoms with Gasteiger partial charge in [0.1, 0.15) is 0 Å². The summed E-state index contributed by atoms with van der Waals surface area (Å²) in [7, 11) is 0. The van der Waals surface area contributed by atoms with Crippen molar-refractivity contribution in [2.75, 3.05) is 18.1 Å². The lowest BCUT2D eigenvalue weighted by Crippen LogP contribution is -1.98. The van der Waals surface area contributed by atoms with Gasteiger partial charge < -0.3 is 5.32 Å². The van der Waals surface area contributed by atoms with Gasteiger partial charge in [0, 0.05) is 6.54 Å². The molecule has 5 heteroatoms. The Kier molecular flexibility index (Phi) is 2.97. The van der Waals surface area contributed by atoms with Crippen molar-refractivity contribution >= 4 is 17.7 Å². The van der Waals surface area contributed by atoms with E-state index in [9.17, 15) is 0 Å². The summed E-state index contributed by atoms with van der Waals surface area (Å²) in [6.07, 6.45) is 3.70. The highest BCUT2D eigenvalue weighted by Gasteiger charge is 1.97. The van der Waals surface area contributed by atoms with Crippen LogP contribution < -0.4 is 5.32 Å². The van der Waals surface area contributed by atoms with E-state index >= 15 is 0 Å². The van der Waals surface area contributed by atoms with Crippen molar-refractivity contribution in [3.8, 4) is 0 Å². The van der Waals surface area contributed by atoms with Crippen LogP contribution in [0.1, 0.15) is 0 Å². The molecule has 0 saturated carbocycles. The molecule has 0 atom stereocenters. The molecule has 0 aliphatic rings. The van der Waals surface area contributed by atoms with Crippen LogP contribution in [0.15, 0.2) is 17.8 Å². The molecule has 1 aromatic heterocycles. The topological polar surface area (TPSA) is 53.6 Å². The van der Waals surface area contributed by atoms with Crippen molar-refractivity contribution in [3.63, 3.8) is 0 Å². The van der Waals surface area contributed by atoms with Crippen LogP contribution in [0.3, 0.4) is 0 Å². The number of hydrogen-bond acceptors (Lipinski definition) is 4. The number of nitrogens with zero attached hydrogens (tertiary/aromatic N) is 2. The van der Waals surface area contributed by atoms with E-state index in [1.807, 2.05) is 6.26 Å². The van der Waals surface area contributed by atoms with E-state index in [1.54, 1.807) is 6.08 Å². The Morgan fingerprint density at radius 2 is 2.64 bits per heavy atom. The average Bonchev–Trinajstić information content (AvgIpc) is 2.48. The van der Waals surface area contributed by atoms with Crippen LogP contribution in [0.4, 0.5) is 5.95 Å². The summed E-state index contributed by atoms with van der Waals surface area (Å²) in [4.78, 5) is 4.10. The molecule has 1 aromatic rings.